The highest BCUT2D eigenvalue weighted by Crippen LogP contribution is 2.37. The van der Waals surface area contributed by atoms with E-state index in [4.69, 9.17) is 5.73 Å². The van der Waals surface area contributed by atoms with Crippen molar-refractivity contribution in [3.63, 3.8) is 0 Å². The van der Waals surface area contributed by atoms with Crippen LogP contribution in [0.15, 0.2) is 29.6 Å². The standard InChI is InChI=1S/C13H13FN2S/c14-10-4-2-1-3-9(10)11-8-17-12(16-11)7-13(15)5-6-13/h1-4,8H,5-7,15H2. The summed E-state index contributed by atoms with van der Waals surface area (Å²) in [6, 6.07) is 6.72. The van der Waals surface area contributed by atoms with E-state index in [0.29, 0.717) is 11.3 Å². The van der Waals surface area contributed by atoms with E-state index in [9.17, 15) is 4.39 Å². The summed E-state index contributed by atoms with van der Waals surface area (Å²) in [5.74, 6) is -0.224. The molecule has 1 aliphatic carbocycles. The van der Waals surface area contributed by atoms with Crippen LogP contribution in [0.3, 0.4) is 0 Å². The minimum atomic E-state index is -0.224. The zero-order valence-corrected chi connectivity index (χ0v) is 10.1. The number of halogens is 1. The molecule has 2 N–H and O–H groups in total. The van der Waals surface area contributed by atoms with Crippen molar-refractivity contribution in [3.05, 3.63) is 40.5 Å². The zero-order valence-electron chi connectivity index (χ0n) is 9.32. The lowest BCUT2D eigenvalue weighted by Gasteiger charge is -2.03. The van der Waals surface area contributed by atoms with Gasteiger partial charge in [-0.15, -0.1) is 11.3 Å². The van der Waals surface area contributed by atoms with Crippen LogP contribution in [-0.4, -0.2) is 10.5 Å². The van der Waals surface area contributed by atoms with Crippen molar-refractivity contribution in [3.8, 4) is 11.3 Å². The molecule has 2 aromatic rings. The molecule has 2 nitrogen and oxygen atoms in total. The van der Waals surface area contributed by atoms with Gasteiger partial charge in [0.2, 0.25) is 0 Å². The SMILES string of the molecule is NC1(Cc2nc(-c3ccccc3F)cs2)CC1. The first-order valence-corrected chi connectivity index (χ1v) is 6.52. The molecule has 0 radical (unpaired) electrons. The molecule has 1 aromatic carbocycles. The predicted molar refractivity (Wildman–Crippen MR) is 67.4 cm³/mol. The largest absolute Gasteiger partial charge is 0.325 e. The average molecular weight is 248 g/mol. The summed E-state index contributed by atoms with van der Waals surface area (Å²) >= 11 is 1.56. The number of hydrogen-bond acceptors (Lipinski definition) is 3. The van der Waals surface area contributed by atoms with Crippen LogP contribution in [0.25, 0.3) is 11.3 Å². The van der Waals surface area contributed by atoms with Gasteiger partial charge in [-0.2, -0.15) is 0 Å². The monoisotopic (exact) mass is 248 g/mol. The normalized spacial score (nSPS) is 17.1. The lowest BCUT2D eigenvalue weighted by Crippen LogP contribution is -2.24. The van der Waals surface area contributed by atoms with E-state index in [1.165, 1.54) is 6.07 Å². The summed E-state index contributed by atoms with van der Waals surface area (Å²) in [6.45, 7) is 0. The van der Waals surface area contributed by atoms with E-state index in [2.05, 4.69) is 4.98 Å². The topological polar surface area (TPSA) is 38.9 Å². The molecule has 0 atom stereocenters. The number of hydrogen-bond donors (Lipinski definition) is 1. The first kappa shape index (κ1) is 10.9. The first-order valence-electron chi connectivity index (χ1n) is 5.64. The second-order valence-electron chi connectivity index (χ2n) is 4.65. The third kappa shape index (κ3) is 2.23. The fourth-order valence-corrected chi connectivity index (χ4v) is 2.77. The van der Waals surface area contributed by atoms with Crippen LogP contribution in [-0.2, 0) is 6.42 Å². The van der Waals surface area contributed by atoms with Crippen LogP contribution >= 0.6 is 11.3 Å². The van der Waals surface area contributed by atoms with E-state index in [-0.39, 0.29) is 11.4 Å². The van der Waals surface area contributed by atoms with Gasteiger partial charge in [0.05, 0.1) is 10.7 Å². The summed E-state index contributed by atoms with van der Waals surface area (Å²) in [6.07, 6.45) is 2.95. The fourth-order valence-electron chi connectivity index (χ4n) is 1.82. The van der Waals surface area contributed by atoms with Crippen LogP contribution in [0.4, 0.5) is 4.39 Å². The van der Waals surface area contributed by atoms with Gasteiger partial charge in [-0.3, -0.25) is 0 Å². The molecule has 4 heteroatoms. The Hall–Kier alpha value is -1.26. The number of nitrogens with zero attached hydrogens (tertiary/aromatic N) is 1. The van der Waals surface area contributed by atoms with Crippen LogP contribution in [0.5, 0.6) is 0 Å². The van der Waals surface area contributed by atoms with E-state index in [1.807, 2.05) is 11.4 Å². The van der Waals surface area contributed by atoms with E-state index in [0.717, 1.165) is 24.3 Å². The molecule has 0 amide bonds. The van der Waals surface area contributed by atoms with Gasteiger partial charge < -0.3 is 5.73 Å². The summed E-state index contributed by atoms with van der Waals surface area (Å²) < 4.78 is 13.6. The number of benzene rings is 1. The lowest BCUT2D eigenvalue weighted by molar-refractivity contribution is 0.630. The Balaban J connectivity index is 1.87. The molecule has 1 aliphatic rings. The van der Waals surface area contributed by atoms with Crippen molar-refractivity contribution < 1.29 is 4.39 Å². The fraction of sp³-hybridized carbons (Fsp3) is 0.308. The summed E-state index contributed by atoms with van der Waals surface area (Å²) in [7, 11) is 0. The smallest absolute Gasteiger partial charge is 0.132 e. The highest BCUT2D eigenvalue weighted by Gasteiger charge is 2.38. The Labute approximate surface area is 103 Å². The minimum absolute atomic E-state index is 0.0373. The van der Waals surface area contributed by atoms with E-state index >= 15 is 0 Å². The first-order chi connectivity index (χ1) is 8.16. The van der Waals surface area contributed by atoms with Gasteiger partial charge in [0, 0.05) is 22.9 Å². The molecule has 0 spiro atoms. The van der Waals surface area contributed by atoms with E-state index in [1.54, 1.807) is 23.5 Å². The highest BCUT2D eigenvalue weighted by molar-refractivity contribution is 7.10. The second kappa shape index (κ2) is 3.89. The van der Waals surface area contributed by atoms with Crippen LogP contribution in [0.2, 0.25) is 0 Å². The van der Waals surface area contributed by atoms with Crippen LogP contribution < -0.4 is 5.73 Å². The maximum Gasteiger partial charge on any atom is 0.132 e. The summed E-state index contributed by atoms with van der Waals surface area (Å²) in [4.78, 5) is 4.47. The van der Waals surface area contributed by atoms with Gasteiger partial charge in [0.1, 0.15) is 5.82 Å². The van der Waals surface area contributed by atoms with Gasteiger partial charge in [-0.05, 0) is 25.0 Å². The Morgan fingerprint density at radius 2 is 2.12 bits per heavy atom. The molecule has 0 unspecified atom stereocenters. The molecule has 0 saturated heterocycles. The number of nitrogens with two attached hydrogens (primary N) is 1. The maximum atomic E-state index is 13.6. The third-order valence-electron chi connectivity index (χ3n) is 3.10. The molecular formula is C13H13FN2S. The molecule has 1 aromatic heterocycles. The number of aromatic nitrogens is 1. The molecule has 1 saturated carbocycles. The van der Waals surface area contributed by atoms with Crippen LogP contribution in [0.1, 0.15) is 17.8 Å². The van der Waals surface area contributed by atoms with Crippen molar-refractivity contribution >= 4 is 11.3 Å². The van der Waals surface area contributed by atoms with Gasteiger partial charge in [0.25, 0.3) is 0 Å². The van der Waals surface area contributed by atoms with Gasteiger partial charge in [-0.1, -0.05) is 12.1 Å². The zero-order chi connectivity index (χ0) is 11.9. The van der Waals surface area contributed by atoms with Crippen molar-refractivity contribution in [1.29, 1.82) is 0 Å². The van der Waals surface area contributed by atoms with Gasteiger partial charge in [0.15, 0.2) is 0 Å². The summed E-state index contributed by atoms with van der Waals surface area (Å²) in [5, 5.41) is 2.91. The lowest BCUT2D eigenvalue weighted by atomic mass is 10.1. The number of thiazole rings is 1. The Bertz CT molecular complexity index is 546. The Morgan fingerprint density at radius 1 is 1.35 bits per heavy atom. The van der Waals surface area contributed by atoms with E-state index < -0.39 is 0 Å². The average Bonchev–Trinajstić information content (AvgIpc) is 2.86. The summed E-state index contributed by atoms with van der Waals surface area (Å²) in [5.41, 5.74) is 7.29. The molecular weight excluding hydrogens is 235 g/mol. The Kier molecular flexibility index (Phi) is 2.49. The molecule has 3 rings (SSSR count). The second-order valence-corrected chi connectivity index (χ2v) is 5.59. The number of rotatable bonds is 3. The quantitative estimate of drug-likeness (QED) is 0.907. The van der Waals surface area contributed by atoms with Crippen LogP contribution in [0, 0.1) is 5.82 Å². The molecule has 88 valence electrons. The highest BCUT2D eigenvalue weighted by atomic mass is 32.1. The van der Waals surface area contributed by atoms with Crippen molar-refractivity contribution in [2.75, 3.05) is 0 Å². The van der Waals surface area contributed by atoms with Crippen molar-refractivity contribution in [2.45, 2.75) is 24.8 Å². The molecule has 1 fully saturated rings. The minimum Gasteiger partial charge on any atom is -0.325 e. The molecule has 0 bridgehead atoms. The predicted octanol–water partition coefficient (Wildman–Crippen LogP) is 2.98. The molecule has 17 heavy (non-hydrogen) atoms. The van der Waals surface area contributed by atoms with Crippen molar-refractivity contribution in [1.82, 2.24) is 4.98 Å². The maximum absolute atomic E-state index is 13.6. The van der Waals surface area contributed by atoms with Crippen molar-refractivity contribution in [2.24, 2.45) is 5.73 Å². The van der Waals surface area contributed by atoms with Gasteiger partial charge in [-0.25, -0.2) is 9.37 Å². The molecule has 1 heterocycles. The third-order valence-corrected chi connectivity index (χ3v) is 3.95. The Morgan fingerprint density at radius 3 is 2.82 bits per heavy atom. The van der Waals surface area contributed by atoms with Gasteiger partial charge >= 0.3 is 0 Å². The molecule has 0 aliphatic heterocycles.